The van der Waals surface area contributed by atoms with Crippen molar-refractivity contribution in [2.75, 3.05) is 17.2 Å². The standard InChI is InChI=1S/C20H19N5OS/c26-20(12-15-4-3-11-27-15)23-19-8-7-18(24-25-19)21-10-9-14-13-22-17-6-2-1-5-16(14)17/h1-8,11,13,22H,9-10,12H2,(H,21,24)(H,23,25,26). The van der Waals surface area contributed by atoms with E-state index in [0.717, 1.165) is 23.4 Å². The summed E-state index contributed by atoms with van der Waals surface area (Å²) in [5, 5.41) is 17.4. The number of aromatic nitrogens is 3. The predicted octanol–water partition coefficient (Wildman–Crippen LogP) is 3.86. The van der Waals surface area contributed by atoms with Crippen LogP contribution in [0.3, 0.4) is 0 Å². The van der Waals surface area contributed by atoms with Gasteiger partial charge in [-0.3, -0.25) is 4.79 Å². The number of aromatic amines is 1. The number of thiophene rings is 1. The van der Waals surface area contributed by atoms with Gasteiger partial charge in [0, 0.05) is 28.5 Å². The van der Waals surface area contributed by atoms with Gasteiger partial charge >= 0.3 is 0 Å². The van der Waals surface area contributed by atoms with Crippen LogP contribution in [0.15, 0.2) is 60.1 Å². The number of benzene rings is 1. The molecule has 0 saturated heterocycles. The second-order valence-corrected chi connectivity index (χ2v) is 7.18. The number of nitrogens with one attached hydrogen (secondary N) is 3. The van der Waals surface area contributed by atoms with Crippen LogP contribution in [0.5, 0.6) is 0 Å². The van der Waals surface area contributed by atoms with E-state index in [0.29, 0.717) is 18.1 Å². The summed E-state index contributed by atoms with van der Waals surface area (Å²) in [5.41, 5.74) is 2.42. The highest BCUT2D eigenvalue weighted by Crippen LogP contribution is 2.18. The molecule has 0 radical (unpaired) electrons. The number of carbonyl (C=O) groups is 1. The van der Waals surface area contributed by atoms with Crippen LogP contribution in [-0.4, -0.2) is 27.6 Å². The molecule has 1 aromatic carbocycles. The molecule has 6 nitrogen and oxygen atoms in total. The van der Waals surface area contributed by atoms with Crippen molar-refractivity contribution in [3.05, 3.63) is 70.5 Å². The van der Waals surface area contributed by atoms with Crippen LogP contribution in [0, 0.1) is 0 Å². The third-order valence-electron chi connectivity index (χ3n) is 4.22. The summed E-state index contributed by atoms with van der Waals surface area (Å²) in [7, 11) is 0. The molecule has 0 aliphatic rings. The molecule has 0 unspecified atom stereocenters. The van der Waals surface area contributed by atoms with Gasteiger partial charge in [-0.1, -0.05) is 24.3 Å². The van der Waals surface area contributed by atoms with Gasteiger partial charge in [0.05, 0.1) is 6.42 Å². The maximum Gasteiger partial charge on any atom is 0.230 e. The Morgan fingerprint density at radius 1 is 1.04 bits per heavy atom. The van der Waals surface area contributed by atoms with Crippen molar-refractivity contribution in [3.8, 4) is 0 Å². The normalized spacial score (nSPS) is 10.8. The summed E-state index contributed by atoms with van der Waals surface area (Å²) in [6.45, 7) is 0.751. The van der Waals surface area contributed by atoms with E-state index in [4.69, 9.17) is 0 Å². The van der Waals surface area contributed by atoms with Crippen molar-refractivity contribution >= 4 is 39.8 Å². The molecule has 27 heavy (non-hydrogen) atoms. The molecule has 1 amide bonds. The van der Waals surface area contributed by atoms with Crippen LogP contribution in [0.4, 0.5) is 11.6 Å². The van der Waals surface area contributed by atoms with Gasteiger partial charge in [0.2, 0.25) is 5.91 Å². The maximum absolute atomic E-state index is 12.0. The van der Waals surface area contributed by atoms with Gasteiger partial charge < -0.3 is 15.6 Å². The highest BCUT2D eigenvalue weighted by molar-refractivity contribution is 7.10. The second-order valence-electron chi connectivity index (χ2n) is 6.14. The summed E-state index contributed by atoms with van der Waals surface area (Å²) in [4.78, 5) is 16.3. The fourth-order valence-electron chi connectivity index (χ4n) is 2.92. The van der Waals surface area contributed by atoms with Gasteiger partial charge in [-0.25, -0.2) is 0 Å². The largest absolute Gasteiger partial charge is 0.368 e. The fourth-order valence-corrected chi connectivity index (χ4v) is 3.62. The van der Waals surface area contributed by atoms with Crippen LogP contribution >= 0.6 is 11.3 Å². The molecule has 0 saturated carbocycles. The molecule has 0 spiro atoms. The molecule has 3 heterocycles. The molecule has 7 heteroatoms. The molecule has 0 atom stereocenters. The molecule has 136 valence electrons. The molecule has 0 fully saturated rings. The molecular weight excluding hydrogens is 358 g/mol. The smallest absolute Gasteiger partial charge is 0.230 e. The quantitative estimate of drug-likeness (QED) is 0.457. The first kappa shape index (κ1) is 17.2. The number of hydrogen-bond acceptors (Lipinski definition) is 5. The van der Waals surface area contributed by atoms with E-state index in [9.17, 15) is 4.79 Å². The lowest BCUT2D eigenvalue weighted by Gasteiger charge is -2.06. The topological polar surface area (TPSA) is 82.7 Å². The lowest BCUT2D eigenvalue weighted by atomic mass is 10.1. The summed E-state index contributed by atoms with van der Waals surface area (Å²) in [6.07, 6.45) is 3.28. The zero-order valence-corrected chi connectivity index (χ0v) is 15.4. The number of amides is 1. The Balaban J connectivity index is 1.28. The van der Waals surface area contributed by atoms with Gasteiger partial charge in [-0.15, -0.1) is 21.5 Å². The minimum Gasteiger partial charge on any atom is -0.368 e. The first-order chi connectivity index (χ1) is 13.3. The summed E-state index contributed by atoms with van der Waals surface area (Å²) in [6, 6.07) is 15.7. The Morgan fingerprint density at radius 3 is 2.70 bits per heavy atom. The molecule has 0 aliphatic heterocycles. The Bertz CT molecular complexity index is 1020. The van der Waals surface area contributed by atoms with E-state index in [1.807, 2.05) is 41.9 Å². The van der Waals surface area contributed by atoms with Gasteiger partial charge in [-0.05, 0) is 41.6 Å². The van der Waals surface area contributed by atoms with Gasteiger partial charge in [0.25, 0.3) is 0 Å². The number of rotatable bonds is 7. The minimum absolute atomic E-state index is 0.0909. The van der Waals surface area contributed by atoms with E-state index in [2.05, 4.69) is 37.9 Å². The second kappa shape index (κ2) is 8.01. The van der Waals surface area contributed by atoms with Gasteiger partial charge in [0.15, 0.2) is 5.82 Å². The van der Waals surface area contributed by atoms with Crippen LogP contribution < -0.4 is 10.6 Å². The van der Waals surface area contributed by atoms with Crippen LogP contribution in [0.2, 0.25) is 0 Å². The van der Waals surface area contributed by atoms with Crippen molar-refractivity contribution in [1.29, 1.82) is 0 Å². The van der Waals surface area contributed by atoms with E-state index < -0.39 is 0 Å². The van der Waals surface area contributed by atoms with Crippen LogP contribution in [0.25, 0.3) is 10.9 Å². The van der Waals surface area contributed by atoms with Crippen molar-refractivity contribution in [1.82, 2.24) is 15.2 Å². The number of nitrogens with zero attached hydrogens (tertiary/aromatic N) is 2. The Kier molecular flexibility index (Phi) is 5.11. The van der Waals surface area contributed by atoms with E-state index in [-0.39, 0.29) is 5.91 Å². The molecule has 4 rings (SSSR count). The molecular formula is C20H19N5OS. The lowest BCUT2D eigenvalue weighted by molar-refractivity contribution is -0.115. The minimum atomic E-state index is -0.0909. The third kappa shape index (κ3) is 4.32. The first-order valence-corrected chi connectivity index (χ1v) is 9.61. The predicted molar refractivity (Wildman–Crippen MR) is 109 cm³/mol. The van der Waals surface area contributed by atoms with Gasteiger partial charge in [-0.2, -0.15) is 0 Å². The number of H-pyrrole nitrogens is 1. The summed E-state index contributed by atoms with van der Waals surface area (Å²) < 4.78 is 0. The number of hydrogen-bond donors (Lipinski definition) is 3. The van der Waals surface area contributed by atoms with E-state index in [1.54, 1.807) is 17.4 Å². The molecule has 4 aromatic rings. The van der Waals surface area contributed by atoms with Crippen molar-refractivity contribution in [3.63, 3.8) is 0 Å². The Hall–Kier alpha value is -3.19. The Morgan fingerprint density at radius 2 is 1.89 bits per heavy atom. The molecule has 3 aromatic heterocycles. The lowest BCUT2D eigenvalue weighted by Crippen LogP contribution is -2.15. The monoisotopic (exact) mass is 377 g/mol. The maximum atomic E-state index is 12.0. The number of anilines is 2. The summed E-state index contributed by atoms with van der Waals surface area (Å²) in [5.74, 6) is 1.05. The van der Waals surface area contributed by atoms with E-state index in [1.165, 1.54) is 10.9 Å². The SMILES string of the molecule is O=C(Cc1cccs1)Nc1ccc(NCCc2c[nH]c3ccccc23)nn1. The fraction of sp³-hybridized carbons (Fsp3) is 0.150. The van der Waals surface area contributed by atoms with E-state index >= 15 is 0 Å². The number of carbonyl (C=O) groups excluding carboxylic acids is 1. The van der Waals surface area contributed by atoms with Crippen molar-refractivity contribution < 1.29 is 4.79 Å². The highest BCUT2D eigenvalue weighted by Gasteiger charge is 2.07. The van der Waals surface area contributed by atoms with Gasteiger partial charge in [0.1, 0.15) is 5.82 Å². The number of fused-ring (bicyclic) bond motifs is 1. The third-order valence-corrected chi connectivity index (χ3v) is 5.10. The highest BCUT2D eigenvalue weighted by atomic mass is 32.1. The van der Waals surface area contributed by atoms with Crippen LogP contribution in [0.1, 0.15) is 10.4 Å². The summed E-state index contributed by atoms with van der Waals surface area (Å²) >= 11 is 1.56. The zero-order chi connectivity index (χ0) is 18.5. The van der Waals surface area contributed by atoms with Crippen molar-refractivity contribution in [2.45, 2.75) is 12.8 Å². The zero-order valence-electron chi connectivity index (χ0n) is 14.6. The number of para-hydroxylation sites is 1. The molecule has 0 bridgehead atoms. The average molecular weight is 377 g/mol. The van der Waals surface area contributed by atoms with Crippen molar-refractivity contribution in [2.24, 2.45) is 0 Å². The average Bonchev–Trinajstić information content (AvgIpc) is 3.33. The first-order valence-electron chi connectivity index (χ1n) is 8.73. The van der Waals surface area contributed by atoms with Crippen LogP contribution in [-0.2, 0) is 17.6 Å². The molecule has 0 aliphatic carbocycles. The molecule has 3 N–H and O–H groups in total. The Labute approximate surface area is 160 Å².